The molecule has 4 heteroatoms. The fraction of sp³-hybridized carbons (Fsp3) is 0.188. The average Bonchev–Trinajstić information content (AvgIpc) is 2.44. The molecule has 0 atom stereocenters. The fourth-order valence-corrected chi connectivity index (χ4v) is 1.79. The fourth-order valence-electron chi connectivity index (χ4n) is 1.79. The molecule has 0 spiro atoms. The van der Waals surface area contributed by atoms with E-state index >= 15 is 0 Å². The zero-order chi connectivity index (χ0) is 14.9. The van der Waals surface area contributed by atoms with E-state index in [1.165, 1.54) is 0 Å². The standard InChI is InChI=1S/C16H13NO3/c1-9(2)13(18)8-7-12-14(17)16(20)11-6-4-3-5-10(11)15(12)19/h3-6,9H,17H2,1-2H3. The van der Waals surface area contributed by atoms with Crippen molar-refractivity contribution in [1.82, 2.24) is 0 Å². The zero-order valence-corrected chi connectivity index (χ0v) is 11.2. The molecule has 1 aliphatic rings. The van der Waals surface area contributed by atoms with Gasteiger partial charge in [-0.25, -0.2) is 0 Å². The van der Waals surface area contributed by atoms with Gasteiger partial charge in [-0.2, -0.15) is 0 Å². The predicted octanol–water partition coefficient (Wildman–Crippen LogP) is 1.51. The number of hydrogen-bond acceptors (Lipinski definition) is 4. The molecule has 0 fully saturated rings. The second-order valence-electron chi connectivity index (χ2n) is 4.76. The molecular formula is C16H13NO3. The van der Waals surface area contributed by atoms with E-state index in [-0.39, 0.29) is 34.1 Å². The molecule has 1 aliphatic carbocycles. The monoisotopic (exact) mass is 267 g/mol. The number of nitrogens with two attached hydrogens (primary N) is 1. The Hall–Kier alpha value is -2.67. The van der Waals surface area contributed by atoms with Gasteiger partial charge in [0.1, 0.15) is 5.70 Å². The van der Waals surface area contributed by atoms with Gasteiger partial charge in [0.25, 0.3) is 0 Å². The summed E-state index contributed by atoms with van der Waals surface area (Å²) < 4.78 is 0. The molecule has 0 saturated carbocycles. The molecule has 0 unspecified atom stereocenters. The van der Waals surface area contributed by atoms with Crippen LogP contribution in [-0.2, 0) is 4.79 Å². The molecule has 0 saturated heterocycles. The van der Waals surface area contributed by atoms with E-state index in [9.17, 15) is 14.4 Å². The number of benzene rings is 1. The van der Waals surface area contributed by atoms with E-state index < -0.39 is 11.6 Å². The Bertz CT molecular complexity index is 715. The van der Waals surface area contributed by atoms with Crippen LogP contribution in [-0.4, -0.2) is 17.3 Å². The molecule has 1 aromatic rings. The second-order valence-corrected chi connectivity index (χ2v) is 4.76. The summed E-state index contributed by atoms with van der Waals surface area (Å²) in [5.74, 6) is 3.42. The zero-order valence-electron chi connectivity index (χ0n) is 11.2. The number of ketones is 3. The van der Waals surface area contributed by atoms with E-state index in [1.807, 2.05) is 0 Å². The topological polar surface area (TPSA) is 77.2 Å². The molecule has 0 heterocycles. The van der Waals surface area contributed by atoms with E-state index in [1.54, 1.807) is 38.1 Å². The van der Waals surface area contributed by atoms with Crippen molar-refractivity contribution in [3.63, 3.8) is 0 Å². The maximum atomic E-state index is 12.3. The van der Waals surface area contributed by atoms with Crippen molar-refractivity contribution >= 4 is 17.3 Å². The van der Waals surface area contributed by atoms with Crippen LogP contribution in [0.1, 0.15) is 34.6 Å². The Morgan fingerprint density at radius 1 is 1.10 bits per heavy atom. The molecule has 2 rings (SSSR count). The van der Waals surface area contributed by atoms with Crippen molar-refractivity contribution in [3.8, 4) is 11.8 Å². The highest BCUT2D eigenvalue weighted by molar-refractivity contribution is 6.28. The summed E-state index contributed by atoms with van der Waals surface area (Å²) in [5, 5.41) is 0. The van der Waals surface area contributed by atoms with E-state index in [2.05, 4.69) is 11.8 Å². The number of rotatable bonds is 1. The van der Waals surface area contributed by atoms with Crippen LogP contribution in [0.5, 0.6) is 0 Å². The minimum atomic E-state index is -0.429. The molecule has 2 N–H and O–H groups in total. The van der Waals surface area contributed by atoms with Crippen molar-refractivity contribution in [2.45, 2.75) is 13.8 Å². The Kier molecular flexibility index (Phi) is 3.53. The first kappa shape index (κ1) is 13.8. The second kappa shape index (κ2) is 5.14. The van der Waals surface area contributed by atoms with Crippen LogP contribution in [0.25, 0.3) is 0 Å². The Labute approximate surface area is 116 Å². The molecule has 0 aliphatic heterocycles. The van der Waals surface area contributed by atoms with Crippen LogP contribution in [0, 0.1) is 17.8 Å². The highest BCUT2D eigenvalue weighted by Crippen LogP contribution is 2.23. The lowest BCUT2D eigenvalue weighted by Crippen LogP contribution is -2.26. The number of hydrogen-bond donors (Lipinski definition) is 1. The first-order valence-electron chi connectivity index (χ1n) is 6.17. The van der Waals surface area contributed by atoms with Gasteiger partial charge >= 0.3 is 0 Å². The summed E-state index contributed by atoms with van der Waals surface area (Å²) in [5.41, 5.74) is 5.94. The van der Waals surface area contributed by atoms with Crippen molar-refractivity contribution in [3.05, 3.63) is 46.7 Å². The quantitative estimate of drug-likeness (QED) is 0.618. The number of carbonyl (C=O) groups is 3. The lowest BCUT2D eigenvalue weighted by Gasteiger charge is -2.14. The van der Waals surface area contributed by atoms with Gasteiger partial charge in [-0.3, -0.25) is 14.4 Å². The first-order chi connectivity index (χ1) is 9.43. The number of fused-ring (bicyclic) bond motifs is 1. The molecular weight excluding hydrogens is 254 g/mol. The third kappa shape index (κ3) is 2.26. The van der Waals surface area contributed by atoms with Crippen LogP contribution in [0.4, 0.5) is 0 Å². The Balaban J connectivity index is 2.50. The molecule has 0 bridgehead atoms. The summed E-state index contributed by atoms with van der Waals surface area (Å²) in [4.78, 5) is 35.8. The molecule has 0 radical (unpaired) electrons. The summed E-state index contributed by atoms with van der Waals surface area (Å²) >= 11 is 0. The van der Waals surface area contributed by atoms with Crippen molar-refractivity contribution in [2.75, 3.05) is 0 Å². The number of allylic oxidation sites excluding steroid dienone is 2. The van der Waals surface area contributed by atoms with E-state index in [0.717, 1.165) is 0 Å². The number of carbonyl (C=O) groups excluding carboxylic acids is 3. The van der Waals surface area contributed by atoms with Crippen LogP contribution in [0.15, 0.2) is 35.5 Å². The summed E-state index contributed by atoms with van der Waals surface area (Å²) in [6.45, 7) is 3.41. The van der Waals surface area contributed by atoms with Crippen molar-refractivity contribution in [2.24, 2.45) is 11.7 Å². The van der Waals surface area contributed by atoms with Gasteiger partial charge in [0, 0.05) is 17.0 Å². The van der Waals surface area contributed by atoms with Crippen LogP contribution >= 0.6 is 0 Å². The van der Waals surface area contributed by atoms with Gasteiger partial charge in [-0.1, -0.05) is 44.0 Å². The first-order valence-corrected chi connectivity index (χ1v) is 6.17. The highest BCUT2D eigenvalue weighted by atomic mass is 16.1. The maximum absolute atomic E-state index is 12.3. The summed E-state index contributed by atoms with van der Waals surface area (Å²) in [6, 6.07) is 6.42. The molecule has 1 aromatic carbocycles. The maximum Gasteiger partial charge on any atom is 0.210 e. The van der Waals surface area contributed by atoms with Crippen molar-refractivity contribution < 1.29 is 14.4 Å². The predicted molar refractivity (Wildman–Crippen MR) is 73.9 cm³/mol. The van der Waals surface area contributed by atoms with Crippen LogP contribution in [0.3, 0.4) is 0 Å². The molecule has 20 heavy (non-hydrogen) atoms. The van der Waals surface area contributed by atoms with Gasteiger partial charge in [-0.05, 0) is 5.92 Å². The van der Waals surface area contributed by atoms with Crippen LogP contribution in [0.2, 0.25) is 0 Å². The minimum Gasteiger partial charge on any atom is -0.394 e. The third-order valence-corrected chi connectivity index (χ3v) is 2.99. The van der Waals surface area contributed by atoms with Crippen molar-refractivity contribution in [1.29, 1.82) is 0 Å². The lowest BCUT2D eigenvalue weighted by atomic mass is 9.87. The highest BCUT2D eigenvalue weighted by Gasteiger charge is 2.29. The summed E-state index contributed by atoms with van der Waals surface area (Å²) in [7, 11) is 0. The van der Waals surface area contributed by atoms with E-state index in [0.29, 0.717) is 0 Å². The van der Waals surface area contributed by atoms with Gasteiger partial charge in [-0.15, -0.1) is 0 Å². The molecule has 4 nitrogen and oxygen atoms in total. The SMILES string of the molecule is CC(C)C(=O)C#CC1=C(N)C(=O)c2ccccc2C1=O. The molecule has 100 valence electrons. The van der Waals surface area contributed by atoms with E-state index in [4.69, 9.17) is 5.73 Å². The van der Waals surface area contributed by atoms with Gasteiger partial charge in [0.2, 0.25) is 17.3 Å². The smallest absolute Gasteiger partial charge is 0.210 e. The minimum absolute atomic E-state index is 0.0947. The van der Waals surface area contributed by atoms with Gasteiger partial charge in [0.05, 0.1) is 5.57 Å². The molecule has 0 amide bonds. The Morgan fingerprint density at radius 2 is 1.65 bits per heavy atom. The largest absolute Gasteiger partial charge is 0.394 e. The summed E-state index contributed by atoms with van der Waals surface area (Å²) in [6.07, 6.45) is 0. The number of Topliss-reactive ketones (excluding diaryl/α,β-unsaturated/α-hetero) is 3. The van der Waals surface area contributed by atoms with Crippen LogP contribution < -0.4 is 5.73 Å². The normalized spacial score (nSPS) is 13.9. The average molecular weight is 267 g/mol. The lowest BCUT2D eigenvalue weighted by molar-refractivity contribution is -0.116. The van der Waals surface area contributed by atoms with Gasteiger partial charge < -0.3 is 5.73 Å². The van der Waals surface area contributed by atoms with Gasteiger partial charge in [0.15, 0.2) is 0 Å². The third-order valence-electron chi connectivity index (χ3n) is 2.99. The Morgan fingerprint density at radius 3 is 2.20 bits per heavy atom. The molecule has 0 aromatic heterocycles.